The zero-order valence-electron chi connectivity index (χ0n) is 14.5. The fraction of sp³-hybridized carbons (Fsp3) is 0.150. The zero-order chi connectivity index (χ0) is 18.5. The van der Waals surface area contributed by atoms with E-state index in [4.69, 9.17) is 0 Å². The summed E-state index contributed by atoms with van der Waals surface area (Å²) in [7, 11) is 0. The highest BCUT2D eigenvalue weighted by molar-refractivity contribution is 9.10. The Labute approximate surface area is 163 Å². The third kappa shape index (κ3) is 2.66. The number of H-pyrrole nitrogens is 1. The molecule has 134 valence electrons. The van der Waals surface area contributed by atoms with Crippen molar-refractivity contribution < 1.29 is 4.79 Å². The number of imidazole rings is 1. The van der Waals surface area contributed by atoms with Crippen molar-refractivity contribution in [2.24, 2.45) is 0 Å². The predicted molar refractivity (Wildman–Crippen MR) is 107 cm³/mol. The molecule has 0 fully saturated rings. The van der Waals surface area contributed by atoms with E-state index >= 15 is 0 Å². The fourth-order valence-electron chi connectivity index (χ4n) is 3.72. The molecule has 2 aromatic heterocycles. The van der Waals surface area contributed by atoms with E-state index < -0.39 is 0 Å². The molecular weight excluding hydrogens is 406 g/mol. The maximum atomic E-state index is 12.4. The molecule has 0 saturated carbocycles. The second-order valence-corrected chi connectivity index (χ2v) is 7.61. The second-order valence-electron chi connectivity index (χ2n) is 6.69. The molecule has 0 aliphatic carbocycles. The molecular formula is C20H16BrN5O. The van der Waals surface area contributed by atoms with Gasteiger partial charge in [-0.15, -0.1) is 0 Å². The van der Waals surface area contributed by atoms with Gasteiger partial charge in [-0.2, -0.15) is 9.78 Å². The summed E-state index contributed by atoms with van der Waals surface area (Å²) in [5, 5.41) is 7.68. The van der Waals surface area contributed by atoms with Crippen molar-refractivity contribution in [3.63, 3.8) is 0 Å². The lowest BCUT2D eigenvalue weighted by Gasteiger charge is -2.24. The quantitative estimate of drug-likeness (QED) is 0.506. The Balaban J connectivity index is 1.67. The average molecular weight is 422 g/mol. The van der Waals surface area contributed by atoms with Crippen molar-refractivity contribution in [2.75, 3.05) is 5.32 Å². The topological polar surface area (TPSA) is 75.6 Å². The smallest absolute Gasteiger partial charge is 0.231 e. The highest BCUT2D eigenvalue weighted by atomic mass is 79.9. The van der Waals surface area contributed by atoms with Crippen LogP contribution in [0, 0.1) is 6.92 Å². The van der Waals surface area contributed by atoms with E-state index in [1.807, 2.05) is 43.3 Å². The molecule has 6 nitrogen and oxygen atoms in total. The molecule has 4 aromatic rings. The van der Waals surface area contributed by atoms with Crippen molar-refractivity contribution >= 4 is 38.7 Å². The number of para-hydroxylation sites is 2. The largest absolute Gasteiger partial charge is 0.322 e. The van der Waals surface area contributed by atoms with Crippen LogP contribution in [0.3, 0.4) is 0 Å². The van der Waals surface area contributed by atoms with Gasteiger partial charge < -0.3 is 10.3 Å². The summed E-state index contributed by atoms with van der Waals surface area (Å²) in [4.78, 5) is 20.4. The standard InChI is InChI=1S/C20H16BrN5O/c1-11-18-14(12-6-8-13(21)9-7-12)10-17(27)24-19(18)26(25-11)20-22-15-4-2-3-5-16(15)23-20/h2-9,14H,10H2,1H3,(H,22,23)(H,24,27)/t14-/m1/s1. The van der Waals surface area contributed by atoms with E-state index in [1.54, 1.807) is 4.68 Å². The number of anilines is 1. The number of fused-ring (bicyclic) bond motifs is 2. The van der Waals surface area contributed by atoms with Crippen LogP contribution in [-0.4, -0.2) is 25.7 Å². The fourth-order valence-corrected chi connectivity index (χ4v) is 3.98. The summed E-state index contributed by atoms with van der Waals surface area (Å²) in [5.41, 5.74) is 4.82. The molecule has 2 N–H and O–H groups in total. The number of benzene rings is 2. The number of amides is 1. The van der Waals surface area contributed by atoms with Gasteiger partial charge in [0.1, 0.15) is 5.82 Å². The molecule has 1 aliphatic heterocycles. The number of rotatable bonds is 2. The van der Waals surface area contributed by atoms with Crippen molar-refractivity contribution in [1.29, 1.82) is 0 Å². The lowest BCUT2D eigenvalue weighted by molar-refractivity contribution is -0.116. The number of nitrogens with one attached hydrogen (secondary N) is 2. The van der Waals surface area contributed by atoms with Crippen molar-refractivity contribution in [2.45, 2.75) is 19.3 Å². The first-order valence-electron chi connectivity index (χ1n) is 8.70. The van der Waals surface area contributed by atoms with Gasteiger partial charge in [0.2, 0.25) is 11.9 Å². The highest BCUT2D eigenvalue weighted by Crippen LogP contribution is 2.40. The van der Waals surface area contributed by atoms with Gasteiger partial charge in [0, 0.05) is 22.4 Å². The Morgan fingerprint density at radius 3 is 2.70 bits per heavy atom. The summed E-state index contributed by atoms with van der Waals surface area (Å²) >= 11 is 3.47. The van der Waals surface area contributed by atoms with Crippen LogP contribution < -0.4 is 5.32 Å². The van der Waals surface area contributed by atoms with Crippen molar-refractivity contribution in [3.8, 4) is 5.95 Å². The van der Waals surface area contributed by atoms with Gasteiger partial charge in [0.15, 0.2) is 0 Å². The number of aromatic nitrogens is 4. The predicted octanol–water partition coefficient (Wildman–Crippen LogP) is 4.29. The lowest BCUT2D eigenvalue weighted by Crippen LogP contribution is -2.25. The summed E-state index contributed by atoms with van der Waals surface area (Å²) in [6.07, 6.45) is 0.404. The van der Waals surface area contributed by atoms with Crippen LogP contribution in [0.5, 0.6) is 0 Å². The van der Waals surface area contributed by atoms with Gasteiger partial charge in [-0.3, -0.25) is 4.79 Å². The molecule has 2 aromatic carbocycles. The van der Waals surface area contributed by atoms with E-state index in [0.717, 1.165) is 32.3 Å². The molecule has 27 heavy (non-hydrogen) atoms. The monoisotopic (exact) mass is 421 g/mol. The van der Waals surface area contributed by atoms with Crippen LogP contribution in [0.4, 0.5) is 5.82 Å². The molecule has 7 heteroatoms. The van der Waals surface area contributed by atoms with E-state index in [2.05, 4.69) is 48.4 Å². The van der Waals surface area contributed by atoms with Crippen molar-refractivity contribution in [3.05, 3.63) is 69.8 Å². The SMILES string of the molecule is Cc1nn(-c2nc3ccccc3[nH]2)c2c1[C@@H](c1ccc(Br)cc1)CC(=O)N2. The van der Waals surface area contributed by atoms with Crippen LogP contribution in [0.1, 0.15) is 29.2 Å². The Hall–Kier alpha value is -2.93. The average Bonchev–Trinajstić information content (AvgIpc) is 3.23. The Kier molecular flexibility index (Phi) is 3.65. The zero-order valence-corrected chi connectivity index (χ0v) is 16.1. The number of hydrogen-bond acceptors (Lipinski definition) is 3. The van der Waals surface area contributed by atoms with E-state index in [-0.39, 0.29) is 11.8 Å². The second kappa shape index (κ2) is 6.06. The van der Waals surface area contributed by atoms with Gasteiger partial charge >= 0.3 is 0 Å². The normalized spacial score (nSPS) is 16.4. The Morgan fingerprint density at radius 2 is 1.93 bits per heavy atom. The molecule has 3 heterocycles. The number of aryl methyl sites for hydroxylation is 1. The van der Waals surface area contributed by atoms with Gasteiger partial charge in [0.05, 0.1) is 16.7 Å². The molecule has 1 atom stereocenters. The van der Waals surface area contributed by atoms with Gasteiger partial charge in [-0.05, 0) is 36.8 Å². The van der Waals surface area contributed by atoms with Crippen LogP contribution >= 0.6 is 15.9 Å². The molecule has 5 rings (SSSR count). The van der Waals surface area contributed by atoms with Crippen LogP contribution in [0.25, 0.3) is 17.0 Å². The van der Waals surface area contributed by atoms with Gasteiger partial charge in [-0.25, -0.2) is 4.98 Å². The lowest BCUT2D eigenvalue weighted by atomic mass is 9.86. The van der Waals surface area contributed by atoms with Gasteiger partial charge in [-0.1, -0.05) is 40.2 Å². The molecule has 0 radical (unpaired) electrons. The summed E-state index contributed by atoms with van der Waals surface area (Å²) in [5.74, 6) is 1.24. The van der Waals surface area contributed by atoms with E-state index in [0.29, 0.717) is 18.2 Å². The third-order valence-electron chi connectivity index (χ3n) is 4.95. The van der Waals surface area contributed by atoms with Gasteiger partial charge in [0.25, 0.3) is 0 Å². The van der Waals surface area contributed by atoms with Crippen LogP contribution in [0.15, 0.2) is 53.0 Å². The summed E-state index contributed by atoms with van der Waals surface area (Å²) in [6, 6.07) is 15.9. The summed E-state index contributed by atoms with van der Waals surface area (Å²) in [6.45, 7) is 1.97. The number of hydrogen-bond donors (Lipinski definition) is 2. The first-order chi connectivity index (χ1) is 13.1. The molecule has 0 saturated heterocycles. The number of nitrogens with zero attached hydrogens (tertiary/aromatic N) is 3. The first-order valence-corrected chi connectivity index (χ1v) is 9.49. The molecule has 0 spiro atoms. The maximum Gasteiger partial charge on any atom is 0.231 e. The molecule has 1 aliphatic rings. The minimum atomic E-state index is -0.0278. The third-order valence-corrected chi connectivity index (χ3v) is 5.48. The van der Waals surface area contributed by atoms with Crippen LogP contribution in [-0.2, 0) is 4.79 Å². The van der Waals surface area contributed by atoms with Crippen LogP contribution in [0.2, 0.25) is 0 Å². The first kappa shape index (κ1) is 16.3. The number of carbonyl (C=O) groups excluding carboxylic acids is 1. The Morgan fingerprint density at radius 1 is 1.15 bits per heavy atom. The van der Waals surface area contributed by atoms with E-state index in [1.165, 1.54) is 0 Å². The van der Waals surface area contributed by atoms with E-state index in [9.17, 15) is 4.79 Å². The number of aromatic amines is 1. The number of carbonyl (C=O) groups is 1. The molecule has 0 unspecified atom stereocenters. The molecule has 0 bridgehead atoms. The van der Waals surface area contributed by atoms with Crippen molar-refractivity contribution in [1.82, 2.24) is 19.7 Å². The minimum absolute atomic E-state index is 0.0207. The molecule has 1 amide bonds. The maximum absolute atomic E-state index is 12.4. The minimum Gasteiger partial charge on any atom is -0.322 e. The summed E-state index contributed by atoms with van der Waals surface area (Å²) < 4.78 is 2.72. The highest BCUT2D eigenvalue weighted by Gasteiger charge is 2.33. The Bertz CT molecular complexity index is 1140. The number of halogens is 1.